The van der Waals surface area contributed by atoms with Gasteiger partial charge in [-0.25, -0.2) is 13.2 Å². The van der Waals surface area contributed by atoms with E-state index in [4.69, 9.17) is 0 Å². The minimum absolute atomic E-state index is 0.125. The Balaban J connectivity index is 2.23. The van der Waals surface area contributed by atoms with Crippen LogP contribution in [0.4, 0.5) is 18.9 Å². The van der Waals surface area contributed by atoms with Crippen LogP contribution in [0, 0.1) is 17.5 Å². The molecule has 1 atom stereocenters. The maximum absolute atomic E-state index is 13.8. The average molecular weight is 293 g/mol. The fourth-order valence-electron chi connectivity index (χ4n) is 2.23. The first-order valence-electron chi connectivity index (χ1n) is 7.08. The van der Waals surface area contributed by atoms with Gasteiger partial charge in [0.2, 0.25) is 0 Å². The predicted octanol–water partition coefficient (Wildman–Crippen LogP) is 5.45. The van der Waals surface area contributed by atoms with E-state index in [1.807, 2.05) is 0 Å². The van der Waals surface area contributed by atoms with Gasteiger partial charge in [0.15, 0.2) is 11.6 Å². The smallest absolute Gasteiger partial charge is 0.181 e. The van der Waals surface area contributed by atoms with Crippen LogP contribution in [0.3, 0.4) is 0 Å². The first-order valence-corrected chi connectivity index (χ1v) is 7.08. The Labute approximate surface area is 122 Å². The largest absolute Gasteiger partial charge is 0.376 e. The maximum Gasteiger partial charge on any atom is 0.181 e. The second-order valence-electron chi connectivity index (χ2n) is 4.99. The van der Waals surface area contributed by atoms with Crippen LogP contribution < -0.4 is 5.32 Å². The zero-order chi connectivity index (χ0) is 15.2. The Bertz CT molecular complexity index is 581. The molecule has 0 fully saturated rings. The van der Waals surface area contributed by atoms with Gasteiger partial charge in [-0.3, -0.25) is 0 Å². The van der Waals surface area contributed by atoms with Crippen molar-refractivity contribution in [2.75, 3.05) is 5.32 Å². The molecule has 21 heavy (non-hydrogen) atoms. The number of nitrogens with one attached hydrogen (secondary N) is 1. The maximum atomic E-state index is 13.8. The van der Waals surface area contributed by atoms with E-state index in [0.717, 1.165) is 30.9 Å². The van der Waals surface area contributed by atoms with Gasteiger partial charge in [-0.1, -0.05) is 38.0 Å². The summed E-state index contributed by atoms with van der Waals surface area (Å²) in [4.78, 5) is 0. The van der Waals surface area contributed by atoms with E-state index >= 15 is 0 Å². The van der Waals surface area contributed by atoms with Gasteiger partial charge in [-0.05, 0) is 36.2 Å². The van der Waals surface area contributed by atoms with E-state index in [-0.39, 0.29) is 17.5 Å². The summed E-state index contributed by atoms with van der Waals surface area (Å²) in [6.45, 7) is 2.06. The van der Waals surface area contributed by atoms with Gasteiger partial charge < -0.3 is 5.32 Å². The molecule has 0 bridgehead atoms. The van der Waals surface area contributed by atoms with Gasteiger partial charge >= 0.3 is 0 Å². The van der Waals surface area contributed by atoms with E-state index in [2.05, 4.69) is 12.2 Å². The number of hydrogen-bond donors (Lipinski definition) is 1. The van der Waals surface area contributed by atoms with Crippen molar-refractivity contribution in [3.05, 3.63) is 65.5 Å². The molecular weight excluding hydrogens is 275 g/mol. The van der Waals surface area contributed by atoms with Crippen LogP contribution in [-0.2, 0) is 0 Å². The van der Waals surface area contributed by atoms with E-state index in [9.17, 15) is 13.2 Å². The Kier molecular flexibility index (Phi) is 5.26. The molecule has 4 heteroatoms. The number of hydrogen-bond acceptors (Lipinski definition) is 1. The van der Waals surface area contributed by atoms with E-state index in [1.165, 1.54) is 24.3 Å². The van der Waals surface area contributed by atoms with Crippen molar-refractivity contribution in [2.45, 2.75) is 32.2 Å². The lowest BCUT2D eigenvalue weighted by molar-refractivity contribution is 0.508. The molecule has 2 aromatic rings. The minimum Gasteiger partial charge on any atom is -0.376 e. The third kappa shape index (κ3) is 4.00. The highest BCUT2D eigenvalue weighted by Crippen LogP contribution is 2.27. The second kappa shape index (κ2) is 7.16. The SMILES string of the molecule is CCCCC(Nc1cccc(F)c1F)c1ccc(F)cc1. The van der Waals surface area contributed by atoms with Crippen molar-refractivity contribution in [3.8, 4) is 0 Å². The van der Waals surface area contributed by atoms with Crippen LogP contribution in [0.1, 0.15) is 37.8 Å². The fraction of sp³-hybridized carbons (Fsp3) is 0.294. The topological polar surface area (TPSA) is 12.0 Å². The molecule has 1 nitrogen and oxygen atoms in total. The van der Waals surface area contributed by atoms with Crippen molar-refractivity contribution in [2.24, 2.45) is 0 Å². The second-order valence-corrected chi connectivity index (χ2v) is 4.99. The monoisotopic (exact) mass is 293 g/mol. The average Bonchev–Trinajstić information content (AvgIpc) is 2.49. The third-order valence-corrected chi connectivity index (χ3v) is 3.40. The Morgan fingerprint density at radius 3 is 2.38 bits per heavy atom. The summed E-state index contributed by atoms with van der Waals surface area (Å²) in [5, 5.41) is 3.02. The molecule has 2 rings (SSSR count). The molecule has 0 aromatic heterocycles. The van der Waals surface area contributed by atoms with Gasteiger partial charge in [0, 0.05) is 0 Å². The molecule has 0 aliphatic rings. The summed E-state index contributed by atoms with van der Waals surface area (Å²) in [5.74, 6) is -2.08. The normalized spacial score (nSPS) is 12.2. The van der Waals surface area contributed by atoms with Crippen molar-refractivity contribution in [1.82, 2.24) is 0 Å². The van der Waals surface area contributed by atoms with Gasteiger partial charge in [0.25, 0.3) is 0 Å². The third-order valence-electron chi connectivity index (χ3n) is 3.40. The molecule has 0 heterocycles. The number of unbranched alkanes of at least 4 members (excludes halogenated alkanes) is 1. The highest BCUT2D eigenvalue weighted by molar-refractivity contribution is 5.47. The molecule has 1 N–H and O–H groups in total. The number of halogens is 3. The first kappa shape index (κ1) is 15.4. The van der Waals surface area contributed by atoms with Crippen LogP contribution in [-0.4, -0.2) is 0 Å². The van der Waals surface area contributed by atoms with E-state index in [1.54, 1.807) is 12.1 Å². The summed E-state index contributed by atoms with van der Waals surface area (Å²) < 4.78 is 40.1. The van der Waals surface area contributed by atoms with Crippen LogP contribution in [0.2, 0.25) is 0 Å². The number of anilines is 1. The molecule has 0 amide bonds. The van der Waals surface area contributed by atoms with Crippen LogP contribution in [0.25, 0.3) is 0 Å². The Morgan fingerprint density at radius 2 is 1.71 bits per heavy atom. The van der Waals surface area contributed by atoms with Gasteiger partial charge in [-0.2, -0.15) is 0 Å². The molecule has 2 aromatic carbocycles. The van der Waals surface area contributed by atoms with Gasteiger partial charge in [-0.15, -0.1) is 0 Å². The molecule has 0 aliphatic carbocycles. The van der Waals surface area contributed by atoms with Crippen molar-refractivity contribution < 1.29 is 13.2 Å². The zero-order valence-corrected chi connectivity index (χ0v) is 11.9. The lowest BCUT2D eigenvalue weighted by Gasteiger charge is -2.21. The van der Waals surface area contributed by atoms with Crippen molar-refractivity contribution >= 4 is 5.69 Å². The molecule has 0 spiro atoms. The standard InChI is InChI=1S/C17H18F3N/c1-2-3-6-15(12-8-10-13(18)11-9-12)21-16-7-4-5-14(19)17(16)20/h4-5,7-11,15,21H,2-3,6H2,1H3. The van der Waals surface area contributed by atoms with Gasteiger partial charge in [0.05, 0.1) is 11.7 Å². The molecule has 0 radical (unpaired) electrons. The fourth-order valence-corrected chi connectivity index (χ4v) is 2.23. The highest BCUT2D eigenvalue weighted by Gasteiger charge is 2.15. The molecular formula is C17H18F3N. The van der Waals surface area contributed by atoms with E-state index in [0.29, 0.717) is 0 Å². The van der Waals surface area contributed by atoms with Crippen LogP contribution >= 0.6 is 0 Å². The minimum atomic E-state index is -0.888. The Hall–Kier alpha value is -1.97. The molecule has 112 valence electrons. The Morgan fingerprint density at radius 1 is 1.00 bits per heavy atom. The summed E-state index contributed by atoms with van der Waals surface area (Å²) in [5.41, 5.74) is 0.980. The van der Waals surface area contributed by atoms with Crippen molar-refractivity contribution in [1.29, 1.82) is 0 Å². The summed E-state index contributed by atoms with van der Waals surface area (Å²) in [6.07, 6.45) is 2.69. The number of benzene rings is 2. The quantitative estimate of drug-likeness (QED) is 0.747. The summed E-state index contributed by atoms with van der Waals surface area (Å²) in [7, 11) is 0. The lowest BCUT2D eigenvalue weighted by atomic mass is 10.0. The predicted molar refractivity (Wildman–Crippen MR) is 78.6 cm³/mol. The van der Waals surface area contributed by atoms with Crippen LogP contribution in [0.5, 0.6) is 0 Å². The van der Waals surface area contributed by atoms with Crippen molar-refractivity contribution in [3.63, 3.8) is 0 Å². The van der Waals surface area contributed by atoms with E-state index < -0.39 is 11.6 Å². The number of rotatable bonds is 6. The zero-order valence-electron chi connectivity index (χ0n) is 11.9. The highest BCUT2D eigenvalue weighted by atomic mass is 19.2. The molecule has 0 saturated heterocycles. The van der Waals surface area contributed by atoms with Crippen LogP contribution in [0.15, 0.2) is 42.5 Å². The summed E-state index contributed by atoms with van der Waals surface area (Å²) >= 11 is 0. The molecule has 0 saturated carbocycles. The first-order chi connectivity index (χ1) is 10.1. The lowest BCUT2D eigenvalue weighted by Crippen LogP contribution is -2.12. The molecule has 1 unspecified atom stereocenters. The molecule has 0 aliphatic heterocycles. The summed E-state index contributed by atoms with van der Waals surface area (Å²) in [6, 6.07) is 9.94. The van der Waals surface area contributed by atoms with Gasteiger partial charge in [0.1, 0.15) is 5.82 Å².